The van der Waals surface area contributed by atoms with E-state index in [4.69, 9.17) is 5.11 Å². The van der Waals surface area contributed by atoms with E-state index in [2.05, 4.69) is 35.5 Å². The zero-order valence-corrected chi connectivity index (χ0v) is 12.4. The van der Waals surface area contributed by atoms with Gasteiger partial charge in [0.15, 0.2) is 0 Å². The number of anilines is 1. The van der Waals surface area contributed by atoms with Crippen LogP contribution < -0.4 is 21.3 Å². The second-order valence-electron chi connectivity index (χ2n) is 2.10. The predicted molar refractivity (Wildman–Crippen MR) is 59.4 cm³/mol. The normalized spacial score (nSPS) is 7.47. The van der Waals surface area contributed by atoms with E-state index in [0.717, 1.165) is 5.69 Å². The largest absolute Gasteiger partial charge is 2.00 e. The van der Waals surface area contributed by atoms with Crippen LogP contribution in [-0.4, -0.2) is 10.3 Å². The fourth-order valence-corrected chi connectivity index (χ4v) is 0.757. The SMILES string of the molecule is NC([O-])=S.[O-]C(=S)Nc1ccccc1.[Zn+2]. The number of rotatable bonds is 1. The molecular weight excluding hydrogens is 286 g/mol. The quantitative estimate of drug-likeness (QED) is 0.528. The maximum Gasteiger partial charge on any atom is 2.00 e. The molecule has 0 aliphatic carbocycles. The van der Waals surface area contributed by atoms with Gasteiger partial charge >= 0.3 is 19.5 Å². The van der Waals surface area contributed by atoms with Crippen molar-refractivity contribution in [3.63, 3.8) is 0 Å². The van der Waals surface area contributed by atoms with Crippen LogP contribution in [0.4, 0.5) is 5.69 Å². The van der Waals surface area contributed by atoms with Crippen molar-refractivity contribution in [2.24, 2.45) is 5.73 Å². The Morgan fingerprint density at radius 3 is 1.87 bits per heavy atom. The molecule has 4 nitrogen and oxygen atoms in total. The first-order valence-electron chi connectivity index (χ1n) is 3.52. The molecule has 0 spiro atoms. The van der Waals surface area contributed by atoms with Gasteiger partial charge in [-0.1, -0.05) is 42.6 Å². The molecule has 0 fully saturated rings. The Labute approximate surface area is 111 Å². The Morgan fingerprint density at radius 2 is 1.53 bits per heavy atom. The van der Waals surface area contributed by atoms with Gasteiger partial charge in [0.1, 0.15) is 0 Å². The number of nitrogens with two attached hydrogens (primary N) is 1. The number of hydrogen-bond acceptors (Lipinski definition) is 4. The monoisotopic (exact) mass is 292 g/mol. The molecule has 0 amide bonds. The average molecular weight is 294 g/mol. The van der Waals surface area contributed by atoms with Gasteiger partial charge in [0.25, 0.3) is 0 Å². The minimum atomic E-state index is -0.750. The molecule has 76 valence electrons. The molecular formula is C8H8N2O2S2Zn. The Balaban J connectivity index is 0. The third kappa shape index (κ3) is 13.2. The van der Waals surface area contributed by atoms with Crippen LogP contribution in [0.5, 0.6) is 0 Å². The van der Waals surface area contributed by atoms with Crippen LogP contribution in [0.3, 0.4) is 0 Å². The van der Waals surface area contributed by atoms with Crippen molar-refractivity contribution in [3.05, 3.63) is 30.3 Å². The molecule has 0 atom stereocenters. The van der Waals surface area contributed by atoms with E-state index >= 15 is 0 Å². The van der Waals surface area contributed by atoms with Crippen molar-refractivity contribution in [2.45, 2.75) is 0 Å². The number of hydrogen-bond donors (Lipinski definition) is 2. The molecule has 0 unspecified atom stereocenters. The van der Waals surface area contributed by atoms with Crippen LogP contribution in [0.25, 0.3) is 0 Å². The van der Waals surface area contributed by atoms with E-state index in [1.807, 2.05) is 18.2 Å². The molecule has 0 aliphatic rings. The predicted octanol–water partition coefficient (Wildman–Crippen LogP) is -0.668. The van der Waals surface area contributed by atoms with Gasteiger partial charge in [-0.2, -0.15) is 0 Å². The van der Waals surface area contributed by atoms with E-state index in [1.54, 1.807) is 12.1 Å². The maximum atomic E-state index is 10.3. The standard InChI is InChI=1S/C7H7NOS.CH3NOS.Zn/c9-7(10)8-6-4-2-1-3-5-6;2-1(3)4;/h1-5H,(H2,8,9,10);(H3,2,3,4);/q;;+2/p-2. The smallest absolute Gasteiger partial charge is 0.852 e. The molecule has 7 heteroatoms. The summed E-state index contributed by atoms with van der Waals surface area (Å²) in [5.74, 6) is 0. The van der Waals surface area contributed by atoms with Crippen LogP contribution in [0.15, 0.2) is 30.3 Å². The molecule has 3 N–H and O–H groups in total. The summed E-state index contributed by atoms with van der Waals surface area (Å²) in [6, 6.07) is 9.11. The second kappa shape index (κ2) is 9.77. The van der Waals surface area contributed by atoms with Gasteiger partial charge < -0.3 is 21.3 Å². The average Bonchev–Trinajstić information content (AvgIpc) is 2.03. The van der Waals surface area contributed by atoms with Gasteiger partial charge in [-0.25, -0.2) is 0 Å². The van der Waals surface area contributed by atoms with E-state index in [0.29, 0.717) is 0 Å². The van der Waals surface area contributed by atoms with Crippen molar-refractivity contribution in [1.29, 1.82) is 0 Å². The summed E-state index contributed by atoms with van der Waals surface area (Å²) >= 11 is 8.07. The van der Waals surface area contributed by atoms with Gasteiger partial charge in [0, 0.05) is 16.0 Å². The molecule has 15 heavy (non-hydrogen) atoms. The Hall–Kier alpha value is -0.777. The number of benzene rings is 1. The zero-order chi connectivity index (χ0) is 11.0. The summed E-state index contributed by atoms with van der Waals surface area (Å²) in [7, 11) is 0. The van der Waals surface area contributed by atoms with Gasteiger partial charge in [-0.15, -0.1) is 0 Å². The number of thiocarbonyl (C=S) groups is 2. The third-order valence-electron chi connectivity index (χ3n) is 1.02. The summed E-state index contributed by atoms with van der Waals surface area (Å²) in [5, 5.41) is 20.6. The molecule has 0 saturated carbocycles. The molecule has 0 bridgehead atoms. The molecule has 1 rings (SSSR count). The Kier molecular flexibility index (Phi) is 10.8. The topological polar surface area (TPSA) is 84.2 Å². The summed E-state index contributed by atoms with van der Waals surface area (Å²) in [4.78, 5) is 0. The fraction of sp³-hybridized carbons (Fsp3) is 0. The molecule has 0 heterocycles. The molecule has 0 saturated heterocycles. The first-order chi connectivity index (χ1) is 6.52. The van der Waals surface area contributed by atoms with Crippen molar-refractivity contribution in [3.8, 4) is 0 Å². The van der Waals surface area contributed by atoms with Crippen molar-refractivity contribution in [2.75, 3.05) is 5.32 Å². The summed E-state index contributed by atoms with van der Waals surface area (Å²) in [5.41, 5.74) is 5.03. The minimum absolute atomic E-state index is 0. The fourth-order valence-electron chi connectivity index (χ4n) is 0.639. The molecule has 0 radical (unpaired) electrons. The van der Waals surface area contributed by atoms with Gasteiger partial charge in [-0.05, 0) is 12.1 Å². The third-order valence-corrected chi connectivity index (χ3v) is 1.12. The Bertz CT molecular complexity index is 305. The first-order valence-corrected chi connectivity index (χ1v) is 4.33. The van der Waals surface area contributed by atoms with E-state index in [9.17, 15) is 5.11 Å². The molecule has 1 aromatic carbocycles. The van der Waals surface area contributed by atoms with Crippen LogP contribution in [-0.2, 0) is 19.5 Å². The van der Waals surface area contributed by atoms with E-state index in [1.165, 1.54) is 0 Å². The first kappa shape index (κ1) is 16.6. The van der Waals surface area contributed by atoms with Gasteiger partial charge in [0.05, 0.1) is 0 Å². The van der Waals surface area contributed by atoms with Gasteiger partial charge in [0.2, 0.25) is 0 Å². The number of para-hydroxylation sites is 1. The van der Waals surface area contributed by atoms with Crippen molar-refractivity contribution >= 4 is 40.5 Å². The van der Waals surface area contributed by atoms with Crippen LogP contribution in [0.2, 0.25) is 0 Å². The molecule has 0 aromatic heterocycles. The summed E-state index contributed by atoms with van der Waals surface area (Å²) in [6.45, 7) is 0. The van der Waals surface area contributed by atoms with Crippen molar-refractivity contribution < 1.29 is 29.7 Å². The van der Waals surface area contributed by atoms with E-state index in [-0.39, 0.29) is 19.5 Å². The van der Waals surface area contributed by atoms with Crippen LogP contribution in [0, 0.1) is 0 Å². The summed E-state index contributed by atoms with van der Waals surface area (Å²) < 4.78 is 0. The minimum Gasteiger partial charge on any atom is -0.852 e. The second-order valence-corrected chi connectivity index (χ2v) is 2.87. The van der Waals surface area contributed by atoms with Crippen LogP contribution in [0.1, 0.15) is 0 Å². The zero-order valence-electron chi connectivity index (χ0n) is 7.80. The van der Waals surface area contributed by atoms with Crippen LogP contribution >= 0.6 is 24.4 Å². The Morgan fingerprint density at radius 1 is 1.13 bits per heavy atom. The van der Waals surface area contributed by atoms with E-state index < -0.39 is 10.3 Å². The molecule has 0 aliphatic heterocycles. The van der Waals surface area contributed by atoms with Crippen molar-refractivity contribution in [1.82, 2.24) is 0 Å². The summed E-state index contributed by atoms with van der Waals surface area (Å²) in [6.07, 6.45) is 0. The number of nitrogens with one attached hydrogen (secondary N) is 1. The molecule has 1 aromatic rings. The maximum absolute atomic E-state index is 10.3. The van der Waals surface area contributed by atoms with Gasteiger partial charge in [-0.3, -0.25) is 0 Å².